The lowest BCUT2D eigenvalue weighted by Crippen LogP contribution is -2.25. The third-order valence-corrected chi connectivity index (χ3v) is 1.83. The van der Waals surface area contributed by atoms with E-state index in [9.17, 15) is 4.79 Å². The molecule has 0 aromatic heterocycles. The van der Waals surface area contributed by atoms with Gasteiger partial charge in [0.25, 0.3) is 0 Å². The Labute approximate surface area is 117 Å². The number of hydrogen-bond donors (Lipinski definition) is 2. The lowest BCUT2D eigenvalue weighted by molar-refractivity contribution is 0.0290. The highest BCUT2D eigenvalue weighted by Gasteiger charge is 1.98. The van der Waals surface area contributed by atoms with Crippen molar-refractivity contribution in [2.24, 2.45) is 0 Å². The highest BCUT2D eigenvalue weighted by Crippen LogP contribution is 1.82. The van der Waals surface area contributed by atoms with Crippen molar-refractivity contribution in [2.45, 2.75) is 27.7 Å². The van der Waals surface area contributed by atoms with E-state index in [4.69, 9.17) is 14.2 Å². The van der Waals surface area contributed by atoms with Crippen molar-refractivity contribution >= 4 is 6.09 Å². The molecule has 6 heteroatoms. The van der Waals surface area contributed by atoms with Gasteiger partial charge in [-0.25, -0.2) is 4.79 Å². The van der Waals surface area contributed by atoms with Crippen LogP contribution in [0.15, 0.2) is 0 Å². The third kappa shape index (κ3) is 19.7. The number of hydrogen-bond acceptors (Lipinski definition) is 5. The molecule has 116 valence electrons. The normalized spacial score (nSPS) is 9.47. The predicted octanol–water partition coefficient (Wildman–Crippen LogP) is 1.40. The van der Waals surface area contributed by atoms with Crippen LogP contribution in [0.5, 0.6) is 0 Å². The van der Waals surface area contributed by atoms with Gasteiger partial charge in [-0.1, -0.05) is 20.8 Å². The highest BCUT2D eigenvalue weighted by molar-refractivity contribution is 5.66. The molecule has 0 bridgehead atoms. The molecule has 0 spiro atoms. The Morgan fingerprint density at radius 3 is 2.05 bits per heavy atom. The second-order valence-corrected chi connectivity index (χ2v) is 3.24. The van der Waals surface area contributed by atoms with Gasteiger partial charge < -0.3 is 24.8 Å². The van der Waals surface area contributed by atoms with Gasteiger partial charge in [0, 0.05) is 13.1 Å². The molecule has 0 saturated carbocycles. The molecule has 0 atom stereocenters. The number of rotatable bonds is 11. The molecule has 2 N–H and O–H groups in total. The molecule has 0 fully saturated rings. The monoisotopic (exact) mass is 278 g/mol. The number of alkyl carbamates (subject to hydrolysis) is 1. The summed E-state index contributed by atoms with van der Waals surface area (Å²) in [5.41, 5.74) is 0. The number of ether oxygens (including phenoxy) is 3. The van der Waals surface area contributed by atoms with Crippen molar-refractivity contribution in [3.8, 4) is 0 Å². The molecule has 0 saturated heterocycles. The van der Waals surface area contributed by atoms with Gasteiger partial charge in [-0.2, -0.15) is 0 Å². The van der Waals surface area contributed by atoms with E-state index in [1.54, 1.807) is 0 Å². The fourth-order valence-corrected chi connectivity index (χ4v) is 1.03. The highest BCUT2D eigenvalue weighted by atomic mass is 16.6. The smallest absolute Gasteiger partial charge is 0.407 e. The first-order chi connectivity index (χ1) is 9.31. The van der Waals surface area contributed by atoms with Crippen molar-refractivity contribution < 1.29 is 19.0 Å². The predicted molar refractivity (Wildman–Crippen MR) is 76.6 cm³/mol. The van der Waals surface area contributed by atoms with Gasteiger partial charge in [0.1, 0.15) is 6.61 Å². The summed E-state index contributed by atoms with van der Waals surface area (Å²) in [7, 11) is 0. The third-order valence-electron chi connectivity index (χ3n) is 1.83. The quantitative estimate of drug-likeness (QED) is 0.559. The van der Waals surface area contributed by atoms with Crippen LogP contribution in [0.4, 0.5) is 4.79 Å². The minimum absolute atomic E-state index is 0.267. The Hall–Kier alpha value is -0.850. The summed E-state index contributed by atoms with van der Waals surface area (Å²) in [4.78, 5) is 10.9. The van der Waals surface area contributed by atoms with Crippen LogP contribution >= 0.6 is 0 Å². The summed E-state index contributed by atoms with van der Waals surface area (Å²) in [5, 5.41) is 5.68. The van der Waals surface area contributed by atoms with Gasteiger partial charge in [0.15, 0.2) is 0 Å². The van der Waals surface area contributed by atoms with Gasteiger partial charge >= 0.3 is 6.09 Å². The number of carbonyl (C=O) groups is 1. The topological polar surface area (TPSA) is 68.8 Å². The van der Waals surface area contributed by atoms with E-state index in [0.717, 1.165) is 13.1 Å². The maximum absolute atomic E-state index is 10.9. The first-order valence-electron chi connectivity index (χ1n) is 7.08. The Kier molecular flexibility index (Phi) is 21.0. The van der Waals surface area contributed by atoms with Crippen molar-refractivity contribution in [3.63, 3.8) is 0 Å². The summed E-state index contributed by atoms with van der Waals surface area (Å²) in [5.74, 6) is 0. The van der Waals surface area contributed by atoms with Crippen LogP contribution in [-0.4, -0.2) is 58.8 Å². The Balaban J connectivity index is 0. The van der Waals surface area contributed by atoms with E-state index >= 15 is 0 Å². The van der Waals surface area contributed by atoms with Crippen LogP contribution in [-0.2, 0) is 14.2 Å². The molecule has 6 nitrogen and oxygen atoms in total. The van der Waals surface area contributed by atoms with Crippen molar-refractivity contribution in [1.82, 2.24) is 10.6 Å². The number of nitrogens with one attached hydrogen (secondary N) is 2. The van der Waals surface area contributed by atoms with Crippen LogP contribution in [0.3, 0.4) is 0 Å². The van der Waals surface area contributed by atoms with Crippen LogP contribution in [0.25, 0.3) is 0 Å². The molecule has 0 aliphatic rings. The second kappa shape index (κ2) is 19.5. The molecule has 0 aliphatic heterocycles. The molecular formula is C13H30N2O4. The van der Waals surface area contributed by atoms with Gasteiger partial charge in [-0.15, -0.1) is 0 Å². The zero-order valence-corrected chi connectivity index (χ0v) is 12.8. The van der Waals surface area contributed by atoms with E-state index < -0.39 is 6.09 Å². The second-order valence-electron chi connectivity index (χ2n) is 3.24. The Morgan fingerprint density at radius 1 is 0.895 bits per heavy atom. The fraction of sp³-hybridized carbons (Fsp3) is 0.923. The fourth-order valence-electron chi connectivity index (χ4n) is 1.03. The summed E-state index contributed by atoms with van der Waals surface area (Å²) in [6, 6.07) is 0. The van der Waals surface area contributed by atoms with Crippen molar-refractivity contribution in [2.75, 3.05) is 52.7 Å². The molecular weight excluding hydrogens is 248 g/mol. The summed E-state index contributed by atoms with van der Waals surface area (Å²) in [6.45, 7) is 12.7. The van der Waals surface area contributed by atoms with Crippen LogP contribution < -0.4 is 10.6 Å². The van der Waals surface area contributed by atoms with Gasteiger partial charge in [0.05, 0.1) is 26.4 Å². The van der Waals surface area contributed by atoms with Crippen LogP contribution in [0.2, 0.25) is 0 Å². The molecule has 0 aromatic carbocycles. The summed E-state index contributed by atoms with van der Waals surface area (Å²) in [6.07, 6.45) is -0.405. The maximum atomic E-state index is 10.9. The lowest BCUT2D eigenvalue weighted by Gasteiger charge is -2.07. The largest absolute Gasteiger partial charge is 0.447 e. The molecule has 1 amide bonds. The maximum Gasteiger partial charge on any atom is 0.407 e. The number of carbonyl (C=O) groups excluding carboxylic acids is 1. The van der Waals surface area contributed by atoms with Crippen molar-refractivity contribution in [1.29, 1.82) is 0 Å². The average molecular weight is 278 g/mol. The first-order valence-corrected chi connectivity index (χ1v) is 7.08. The molecule has 0 radical (unpaired) electrons. The first kappa shape index (κ1) is 20.5. The zero-order chi connectivity index (χ0) is 14.8. The standard InChI is InChI=1S/C11H24N2O4.C2H6/c1-3-12-5-6-15-7-8-16-9-10-17-11(14)13-4-2;1-2/h12H,3-10H2,1-2H3,(H,13,14);1-2H3. The summed E-state index contributed by atoms with van der Waals surface area (Å²) >= 11 is 0. The van der Waals surface area contributed by atoms with Crippen LogP contribution in [0.1, 0.15) is 27.7 Å². The zero-order valence-electron chi connectivity index (χ0n) is 12.8. The van der Waals surface area contributed by atoms with E-state index in [-0.39, 0.29) is 6.61 Å². The van der Waals surface area contributed by atoms with E-state index in [2.05, 4.69) is 17.6 Å². The van der Waals surface area contributed by atoms with Gasteiger partial charge in [-0.3, -0.25) is 0 Å². The minimum atomic E-state index is -0.405. The van der Waals surface area contributed by atoms with Gasteiger partial charge in [-0.05, 0) is 13.5 Å². The molecule has 19 heavy (non-hydrogen) atoms. The SMILES string of the molecule is CC.CCNCCOCCOCCOC(=O)NCC. The van der Waals surface area contributed by atoms with Crippen LogP contribution in [0, 0.1) is 0 Å². The van der Waals surface area contributed by atoms with E-state index in [1.165, 1.54) is 0 Å². The van der Waals surface area contributed by atoms with Gasteiger partial charge in [0.2, 0.25) is 0 Å². The lowest BCUT2D eigenvalue weighted by atomic mass is 10.6. The molecule has 0 aromatic rings. The molecule has 0 heterocycles. The molecule has 0 rings (SSSR count). The summed E-state index contributed by atoms with van der Waals surface area (Å²) < 4.78 is 15.3. The molecule has 0 unspecified atom stereocenters. The molecule has 0 aliphatic carbocycles. The van der Waals surface area contributed by atoms with E-state index in [0.29, 0.717) is 33.0 Å². The average Bonchev–Trinajstić information content (AvgIpc) is 2.43. The number of likely N-dealkylation sites (N-methyl/N-ethyl adjacent to an activating group) is 1. The Morgan fingerprint density at radius 2 is 1.47 bits per heavy atom. The Bertz CT molecular complexity index is 180. The van der Waals surface area contributed by atoms with E-state index in [1.807, 2.05) is 20.8 Å². The minimum Gasteiger partial charge on any atom is -0.447 e. The van der Waals surface area contributed by atoms with Crippen molar-refractivity contribution in [3.05, 3.63) is 0 Å². The number of amides is 1.